The van der Waals surface area contributed by atoms with Crippen LogP contribution in [0.3, 0.4) is 0 Å². The average molecular weight is 352 g/mol. The molecule has 0 saturated heterocycles. The van der Waals surface area contributed by atoms with Gasteiger partial charge in [-0.25, -0.2) is 4.98 Å². The van der Waals surface area contributed by atoms with E-state index in [-0.39, 0.29) is 5.88 Å². The second kappa shape index (κ2) is 5.91. The van der Waals surface area contributed by atoms with Crippen molar-refractivity contribution in [1.82, 2.24) is 9.88 Å². The van der Waals surface area contributed by atoms with E-state index in [1.807, 2.05) is 0 Å². The third-order valence-corrected chi connectivity index (χ3v) is 4.72. The van der Waals surface area contributed by atoms with E-state index in [0.29, 0.717) is 18.2 Å². The molecule has 23 heavy (non-hydrogen) atoms. The third kappa shape index (κ3) is 3.75. The molecule has 2 aliphatic rings. The monoisotopic (exact) mass is 352 g/mol. The van der Waals surface area contributed by atoms with Crippen molar-refractivity contribution < 1.29 is 30.8 Å². The standard InChI is InChI=1S/C13H15F3N2O4S/c14-13(15,16)23(19,20)22-21-12-4-1-9-5-7-18(10-2-3-10)8-6-11(9)17-12/h1,4,10H,2-3,5-8H2. The summed E-state index contributed by atoms with van der Waals surface area (Å²) in [5.74, 6) is -0.309. The van der Waals surface area contributed by atoms with Gasteiger partial charge in [-0.3, -0.25) is 9.79 Å². The number of aromatic nitrogens is 1. The first-order valence-electron chi connectivity index (χ1n) is 7.16. The molecule has 0 radical (unpaired) electrons. The molecule has 0 aromatic carbocycles. The van der Waals surface area contributed by atoms with Crippen LogP contribution in [-0.2, 0) is 27.3 Å². The lowest BCUT2D eigenvalue weighted by atomic mass is 10.1. The fraction of sp³-hybridized carbons (Fsp3) is 0.615. The lowest BCUT2D eigenvalue weighted by molar-refractivity contribution is -0.131. The Balaban J connectivity index is 1.67. The van der Waals surface area contributed by atoms with E-state index in [1.165, 1.54) is 18.9 Å². The smallest absolute Gasteiger partial charge is 0.300 e. The van der Waals surface area contributed by atoms with Crippen LogP contribution in [0.5, 0.6) is 5.88 Å². The van der Waals surface area contributed by atoms with Crippen LogP contribution in [0.1, 0.15) is 24.1 Å². The zero-order valence-electron chi connectivity index (χ0n) is 12.0. The molecule has 1 aliphatic carbocycles. The quantitative estimate of drug-likeness (QED) is 0.468. The molecular weight excluding hydrogens is 337 g/mol. The van der Waals surface area contributed by atoms with Crippen molar-refractivity contribution in [3.05, 3.63) is 23.4 Å². The normalized spacial score (nSPS) is 20.0. The van der Waals surface area contributed by atoms with Gasteiger partial charge in [0.05, 0.1) is 0 Å². The number of hydrogen-bond donors (Lipinski definition) is 0. The zero-order chi connectivity index (χ0) is 16.7. The van der Waals surface area contributed by atoms with Crippen LogP contribution in [0.15, 0.2) is 12.1 Å². The molecule has 10 heteroatoms. The Bertz CT molecular complexity index is 689. The number of nitrogens with zero attached hydrogens (tertiary/aromatic N) is 2. The summed E-state index contributed by atoms with van der Waals surface area (Å²) in [5, 5.41) is 0. The molecule has 1 aromatic rings. The Kier molecular flexibility index (Phi) is 4.23. The zero-order valence-corrected chi connectivity index (χ0v) is 12.9. The number of alkyl halides is 3. The van der Waals surface area contributed by atoms with E-state index in [4.69, 9.17) is 0 Å². The molecule has 0 amide bonds. The summed E-state index contributed by atoms with van der Waals surface area (Å²) in [7, 11) is -5.81. The van der Waals surface area contributed by atoms with Crippen molar-refractivity contribution in [1.29, 1.82) is 0 Å². The van der Waals surface area contributed by atoms with E-state index in [0.717, 1.165) is 25.1 Å². The van der Waals surface area contributed by atoms with Gasteiger partial charge in [0.15, 0.2) is 0 Å². The first-order chi connectivity index (χ1) is 10.8. The number of pyridine rings is 1. The minimum absolute atomic E-state index is 0.309. The molecule has 1 aliphatic heterocycles. The highest BCUT2D eigenvalue weighted by molar-refractivity contribution is 7.87. The SMILES string of the molecule is O=S(=O)(OOc1ccc2c(n1)CCN(C1CC1)CC2)C(F)(F)F. The molecule has 0 bridgehead atoms. The Morgan fingerprint density at radius 3 is 2.52 bits per heavy atom. The Hall–Kier alpha value is -1.39. The topological polar surface area (TPSA) is 68.7 Å². The second-order valence-corrected chi connectivity index (χ2v) is 7.08. The molecule has 0 N–H and O–H groups in total. The molecule has 2 heterocycles. The number of halogens is 3. The maximum Gasteiger partial charge on any atom is 0.526 e. The van der Waals surface area contributed by atoms with E-state index in [1.54, 1.807) is 6.07 Å². The Morgan fingerprint density at radius 2 is 1.87 bits per heavy atom. The van der Waals surface area contributed by atoms with Gasteiger partial charge in [-0.1, -0.05) is 6.07 Å². The summed E-state index contributed by atoms with van der Waals surface area (Å²) in [6, 6.07) is 3.61. The lowest BCUT2D eigenvalue weighted by Gasteiger charge is -2.18. The van der Waals surface area contributed by atoms with E-state index in [9.17, 15) is 21.6 Å². The minimum atomic E-state index is -5.81. The van der Waals surface area contributed by atoms with Gasteiger partial charge >= 0.3 is 15.6 Å². The van der Waals surface area contributed by atoms with Crippen molar-refractivity contribution in [2.75, 3.05) is 13.1 Å². The molecule has 128 valence electrons. The van der Waals surface area contributed by atoms with E-state index in [2.05, 4.69) is 19.1 Å². The van der Waals surface area contributed by atoms with Crippen LogP contribution in [0.25, 0.3) is 0 Å². The van der Waals surface area contributed by atoms with Gasteiger partial charge < -0.3 is 0 Å². The summed E-state index contributed by atoms with van der Waals surface area (Å²) in [4.78, 5) is 10.7. The Morgan fingerprint density at radius 1 is 1.17 bits per heavy atom. The first-order valence-corrected chi connectivity index (χ1v) is 8.57. The molecular formula is C13H15F3N2O4S. The summed E-state index contributed by atoms with van der Waals surface area (Å²) in [5.41, 5.74) is -3.86. The van der Waals surface area contributed by atoms with Crippen LogP contribution in [0, 0.1) is 0 Å². The predicted octanol–water partition coefficient (Wildman–Crippen LogP) is 1.80. The highest BCUT2D eigenvalue weighted by atomic mass is 32.2. The number of rotatable bonds is 4. The molecule has 3 rings (SSSR count). The molecule has 6 nitrogen and oxygen atoms in total. The van der Waals surface area contributed by atoms with Crippen LogP contribution < -0.4 is 4.89 Å². The van der Waals surface area contributed by atoms with Gasteiger partial charge in [-0.05, 0) is 29.2 Å². The molecule has 1 aromatic heterocycles. The minimum Gasteiger partial charge on any atom is -0.300 e. The maximum absolute atomic E-state index is 12.2. The highest BCUT2D eigenvalue weighted by Gasteiger charge is 2.49. The Labute approximate surface area is 131 Å². The van der Waals surface area contributed by atoms with Gasteiger partial charge in [-0.2, -0.15) is 21.6 Å². The van der Waals surface area contributed by atoms with E-state index < -0.39 is 15.6 Å². The molecule has 0 atom stereocenters. The summed E-state index contributed by atoms with van der Waals surface area (Å²) in [6.45, 7) is 1.73. The highest BCUT2D eigenvalue weighted by Crippen LogP contribution is 2.29. The van der Waals surface area contributed by atoms with Crippen LogP contribution in [0.4, 0.5) is 13.2 Å². The van der Waals surface area contributed by atoms with Crippen molar-refractivity contribution in [2.24, 2.45) is 0 Å². The second-order valence-electron chi connectivity index (χ2n) is 5.57. The predicted molar refractivity (Wildman–Crippen MR) is 72.9 cm³/mol. The largest absolute Gasteiger partial charge is 0.526 e. The van der Waals surface area contributed by atoms with Crippen LogP contribution in [0.2, 0.25) is 0 Å². The van der Waals surface area contributed by atoms with Gasteiger partial charge in [-0.15, -0.1) is 0 Å². The fourth-order valence-electron chi connectivity index (χ4n) is 2.55. The summed E-state index contributed by atoms with van der Waals surface area (Å²) >= 11 is 0. The van der Waals surface area contributed by atoms with Crippen molar-refractivity contribution in [2.45, 2.75) is 37.2 Å². The van der Waals surface area contributed by atoms with Gasteiger partial charge in [0.25, 0.3) is 5.88 Å². The number of fused-ring (bicyclic) bond motifs is 1. The summed E-state index contributed by atoms with van der Waals surface area (Å²) in [6.07, 6.45) is 3.82. The first kappa shape index (κ1) is 16.5. The van der Waals surface area contributed by atoms with Crippen molar-refractivity contribution in [3.63, 3.8) is 0 Å². The van der Waals surface area contributed by atoms with Crippen molar-refractivity contribution >= 4 is 10.1 Å². The number of hydrogen-bond acceptors (Lipinski definition) is 6. The van der Waals surface area contributed by atoms with Gasteiger partial charge in [0.1, 0.15) is 0 Å². The van der Waals surface area contributed by atoms with Gasteiger partial charge in [0.2, 0.25) is 0 Å². The van der Waals surface area contributed by atoms with Crippen LogP contribution >= 0.6 is 0 Å². The fourth-order valence-corrected chi connectivity index (χ4v) is 2.79. The molecule has 1 fully saturated rings. The molecule has 1 saturated carbocycles. The molecule has 0 unspecified atom stereocenters. The van der Waals surface area contributed by atoms with Crippen molar-refractivity contribution in [3.8, 4) is 5.88 Å². The lowest BCUT2D eigenvalue weighted by Crippen LogP contribution is -2.28. The van der Waals surface area contributed by atoms with Crippen LogP contribution in [-0.4, -0.2) is 42.9 Å². The van der Waals surface area contributed by atoms with E-state index >= 15 is 0 Å². The average Bonchev–Trinajstić information content (AvgIpc) is 3.29. The summed E-state index contributed by atoms with van der Waals surface area (Å²) < 4.78 is 61.6. The maximum atomic E-state index is 12.2. The molecule has 0 spiro atoms. The third-order valence-electron chi connectivity index (χ3n) is 3.90. The van der Waals surface area contributed by atoms with Gasteiger partial charge in [0, 0.05) is 37.3 Å².